The Balaban J connectivity index is 1.43. The molecule has 5 heteroatoms. The number of amides is 1. The average Bonchev–Trinajstić information content (AvgIpc) is 3.28. The van der Waals surface area contributed by atoms with Crippen LogP contribution < -0.4 is 5.56 Å². The number of aromatic nitrogens is 2. The second kappa shape index (κ2) is 7.77. The van der Waals surface area contributed by atoms with Crippen molar-refractivity contribution in [2.24, 2.45) is 17.8 Å². The lowest BCUT2D eigenvalue weighted by Crippen LogP contribution is -2.54. The summed E-state index contributed by atoms with van der Waals surface area (Å²) in [5, 5.41) is 4.80. The van der Waals surface area contributed by atoms with E-state index in [-0.39, 0.29) is 17.5 Å². The Morgan fingerprint density at radius 2 is 1.55 bits per heavy atom. The van der Waals surface area contributed by atoms with Crippen LogP contribution in [0.3, 0.4) is 0 Å². The lowest BCUT2D eigenvalue weighted by atomic mass is 9.73. The minimum Gasteiger partial charge on any atom is -0.342 e. The fraction of sp³-hybridized carbons (Fsp3) is 0.542. The number of likely N-dealkylation sites (tertiary alicyclic amines) is 1. The van der Waals surface area contributed by atoms with Crippen LogP contribution in [-0.2, 0) is 4.79 Å². The normalized spacial score (nSPS) is 27.2. The molecule has 0 N–H and O–H groups in total. The van der Waals surface area contributed by atoms with Crippen molar-refractivity contribution in [3.63, 3.8) is 0 Å². The summed E-state index contributed by atoms with van der Waals surface area (Å²) < 4.78 is 1.74. The van der Waals surface area contributed by atoms with Crippen LogP contribution in [0.1, 0.15) is 51.0 Å². The van der Waals surface area contributed by atoms with E-state index in [2.05, 4.69) is 4.90 Å². The van der Waals surface area contributed by atoms with Crippen molar-refractivity contribution in [1.82, 2.24) is 14.7 Å². The van der Waals surface area contributed by atoms with Crippen LogP contribution in [0.2, 0.25) is 0 Å². The fourth-order valence-electron chi connectivity index (χ4n) is 5.82. The number of hydrogen-bond donors (Lipinski definition) is 0. The highest BCUT2D eigenvalue weighted by Crippen LogP contribution is 2.43. The monoisotopic (exact) mass is 391 g/mol. The first-order chi connectivity index (χ1) is 14.2. The Kier molecular flexibility index (Phi) is 4.98. The van der Waals surface area contributed by atoms with Gasteiger partial charge >= 0.3 is 0 Å². The summed E-state index contributed by atoms with van der Waals surface area (Å²) in [7, 11) is 0. The van der Waals surface area contributed by atoms with Crippen LogP contribution in [0.4, 0.5) is 0 Å². The molecule has 1 aliphatic heterocycles. The van der Waals surface area contributed by atoms with Gasteiger partial charge in [-0.15, -0.1) is 0 Å². The van der Waals surface area contributed by atoms with Gasteiger partial charge in [-0.1, -0.05) is 49.6 Å². The molecule has 152 valence electrons. The highest BCUT2D eigenvalue weighted by Gasteiger charge is 2.44. The van der Waals surface area contributed by atoms with E-state index in [1.165, 1.54) is 19.3 Å². The molecule has 1 saturated heterocycles. The summed E-state index contributed by atoms with van der Waals surface area (Å²) in [6.07, 6.45) is 7.79. The molecule has 0 radical (unpaired) electrons. The smallest absolute Gasteiger partial charge is 0.267 e. The van der Waals surface area contributed by atoms with Gasteiger partial charge in [0.05, 0.1) is 11.7 Å². The van der Waals surface area contributed by atoms with Gasteiger partial charge in [-0.05, 0) is 43.6 Å². The van der Waals surface area contributed by atoms with Crippen molar-refractivity contribution < 1.29 is 4.79 Å². The molecule has 3 aliphatic rings. The standard InChI is InChI=1S/C24H29N3O2/c28-22-14-13-21(17-7-2-1-3-8-17)25-27(22)23-19-11-6-12-20(23)16-26(15-19)24(29)18-9-4-5-10-18/h1-3,7-8,13-14,18-20,23H,4-6,9-12,15-16H2. The molecule has 5 nitrogen and oxygen atoms in total. The molecule has 2 bridgehead atoms. The van der Waals surface area contributed by atoms with E-state index >= 15 is 0 Å². The summed E-state index contributed by atoms with van der Waals surface area (Å²) in [6, 6.07) is 13.6. The number of benzene rings is 1. The molecule has 2 saturated carbocycles. The summed E-state index contributed by atoms with van der Waals surface area (Å²) in [5.74, 6) is 1.24. The summed E-state index contributed by atoms with van der Waals surface area (Å²) in [6.45, 7) is 1.56. The van der Waals surface area contributed by atoms with Gasteiger partial charge in [-0.2, -0.15) is 5.10 Å². The first kappa shape index (κ1) is 18.6. The molecule has 0 spiro atoms. The molecule has 2 aromatic rings. The summed E-state index contributed by atoms with van der Waals surface area (Å²) >= 11 is 0. The molecule has 2 atom stereocenters. The van der Waals surface area contributed by atoms with Crippen LogP contribution in [0, 0.1) is 17.8 Å². The van der Waals surface area contributed by atoms with Crippen molar-refractivity contribution in [3.05, 3.63) is 52.8 Å². The molecule has 2 heterocycles. The molecule has 1 amide bonds. The topological polar surface area (TPSA) is 55.2 Å². The predicted molar refractivity (Wildman–Crippen MR) is 112 cm³/mol. The van der Waals surface area contributed by atoms with E-state index in [0.29, 0.717) is 17.7 Å². The van der Waals surface area contributed by atoms with E-state index in [9.17, 15) is 9.59 Å². The lowest BCUT2D eigenvalue weighted by molar-refractivity contribution is -0.140. The van der Waals surface area contributed by atoms with Crippen molar-refractivity contribution >= 4 is 5.91 Å². The van der Waals surface area contributed by atoms with Gasteiger partial charge in [-0.3, -0.25) is 9.59 Å². The molecular formula is C24H29N3O2. The first-order valence-corrected chi connectivity index (χ1v) is 11.1. The summed E-state index contributed by atoms with van der Waals surface area (Å²) in [5.41, 5.74) is 1.84. The number of hydrogen-bond acceptors (Lipinski definition) is 3. The third-order valence-corrected chi connectivity index (χ3v) is 7.22. The summed E-state index contributed by atoms with van der Waals surface area (Å²) in [4.78, 5) is 27.9. The largest absolute Gasteiger partial charge is 0.342 e. The van der Waals surface area contributed by atoms with E-state index in [4.69, 9.17) is 5.10 Å². The number of piperidine rings is 1. The van der Waals surface area contributed by atoms with Crippen LogP contribution in [0.25, 0.3) is 11.3 Å². The van der Waals surface area contributed by atoms with E-state index in [1.807, 2.05) is 36.4 Å². The van der Waals surface area contributed by atoms with Gasteiger partial charge < -0.3 is 4.90 Å². The van der Waals surface area contributed by atoms with E-state index in [0.717, 1.165) is 50.0 Å². The average molecular weight is 392 g/mol. The fourth-order valence-corrected chi connectivity index (χ4v) is 5.82. The van der Waals surface area contributed by atoms with Crippen molar-refractivity contribution in [2.45, 2.75) is 51.0 Å². The van der Waals surface area contributed by atoms with Gasteiger partial charge in [0, 0.05) is 30.6 Å². The van der Waals surface area contributed by atoms with Crippen molar-refractivity contribution in [1.29, 1.82) is 0 Å². The Morgan fingerprint density at radius 3 is 2.24 bits per heavy atom. The van der Waals surface area contributed by atoms with Crippen LogP contribution in [0.5, 0.6) is 0 Å². The number of rotatable bonds is 3. The third-order valence-electron chi connectivity index (χ3n) is 7.22. The van der Waals surface area contributed by atoms with E-state index < -0.39 is 0 Å². The highest BCUT2D eigenvalue weighted by molar-refractivity contribution is 5.79. The first-order valence-electron chi connectivity index (χ1n) is 11.1. The number of carbonyl (C=O) groups is 1. The zero-order chi connectivity index (χ0) is 19.8. The number of nitrogens with zero attached hydrogens (tertiary/aromatic N) is 3. The van der Waals surface area contributed by atoms with Gasteiger partial charge in [0.15, 0.2) is 0 Å². The molecule has 3 fully saturated rings. The van der Waals surface area contributed by atoms with E-state index in [1.54, 1.807) is 10.7 Å². The zero-order valence-corrected chi connectivity index (χ0v) is 16.9. The van der Waals surface area contributed by atoms with Gasteiger partial charge in [0.2, 0.25) is 5.91 Å². The highest BCUT2D eigenvalue weighted by atomic mass is 16.2. The molecular weight excluding hydrogens is 362 g/mol. The molecule has 2 aliphatic carbocycles. The quantitative estimate of drug-likeness (QED) is 0.797. The Labute approximate surface area is 171 Å². The Bertz CT molecular complexity index is 919. The molecule has 2 unspecified atom stereocenters. The minimum absolute atomic E-state index is 0.0258. The maximum atomic E-state index is 13.0. The predicted octanol–water partition coefficient (Wildman–Crippen LogP) is 3.90. The molecule has 5 rings (SSSR count). The second-order valence-corrected chi connectivity index (χ2v) is 9.03. The van der Waals surface area contributed by atoms with Gasteiger partial charge in [0.1, 0.15) is 0 Å². The molecule has 1 aromatic heterocycles. The van der Waals surface area contributed by atoms with Gasteiger partial charge in [0.25, 0.3) is 5.56 Å². The Morgan fingerprint density at radius 1 is 0.862 bits per heavy atom. The number of fused-ring (bicyclic) bond motifs is 2. The third kappa shape index (κ3) is 3.52. The van der Waals surface area contributed by atoms with Crippen molar-refractivity contribution in [2.75, 3.05) is 13.1 Å². The maximum Gasteiger partial charge on any atom is 0.267 e. The second-order valence-electron chi connectivity index (χ2n) is 9.03. The van der Waals surface area contributed by atoms with Crippen LogP contribution in [-0.4, -0.2) is 33.7 Å². The van der Waals surface area contributed by atoms with Crippen LogP contribution >= 0.6 is 0 Å². The lowest BCUT2D eigenvalue weighted by Gasteiger charge is -2.47. The number of carbonyl (C=O) groups excluding carboxylic acids is 1. The van der Waals surface area contributed by atoms with Gasteiger partial charge in [-0.25, -0.2) is 4.68 Å². The minimum atomic E-state index is -0.0258. The SMILES string of the molecule is O=C(C1CCCC1)N1CC2CCCC(C1)C2n1nc(-c2ccccc2)ccc1=O. The Hall–Kier alpha value is -2.43. The zero-order valence-electron chi connectivity index (χ0n) is 16.9. The maximum absolute atomic E-state index is 13.0. The molecule has 1 aromatic carbocycles. The van der Waals surface area contributed by atoms with Crippen LogP contribution in [0.15, 0.2) is 47.3 Å². The van der Waals surface area contributed by atoms with Crippen molar-refractivity contribution in [3.8, 4) is 11.3 Å². The molecule has 29 heavy (non-hydrogen) atoms.